The summed E-state index contributed by atoms with van der Waals surface area (Å²) in [5.41, 5.74) is 2.24. The highest BCUT2D eigenvalue weighted by atomic mass is 79.9. The molecular weight excluding hydrogens is 464 g/mol. The van der Waals surface area contributed by atoms with Gasteiger partial charge in [-0.25, -0.2) is 0 Å². The van der Waals surface area contributed by atoms with Crippen LogP contribution in [0.1, 0.15) is 22.2 Å². The largest absolute Gasteiger partial charge is 0.340 e. The number of hydrogen-bond acceptors (Lipinski definition) is 5. The van der Waals surface area contributed by atoms with E-state index in [2.05, 4.69) is 55.4 Å². The summed E-state index contributed by atoms with van der Waals surface area (Å²) >= 11 is 4.71. The third-order valence-corrected chi connectivity index (χ3v) is 6.93. The summed E-state index contributed by atoms with van der Waals surface area (Å²) in [7, 11) is 0. The average Bonchev–Trinajstić information content (AvgIpc) is 3.20. The van der Waals surface area contributed by atoms with E-state index < -0.39 is 6.04 Å². The fraction of sp³-hybridized carbons (Fsp3) is 0.318. The van der Waals surface area contributed by atoms with E-state index in [0.717, 1.165) is 34.3 Å². The lowest BCUT2D eigenvalue weighted by molar-refractivity contribution is -0.134. The Balaban J connectivity index is 1.31. The fourth-order valence-electron chi connectivity index (χ4n) is 3.70. The maximum absolute atomic E-state index is 12.8. The fourth-order valence-corrected chi connectivity index (χ4v) is 4.99. The second-order valence-electron chi connectivity index (χ2n) is 7.39. The summed E-state index contributed by atoms with van der Waals surface area (Å²) in [4.78, 5) is 34.4. The highest BCUT2D eigenvalue weighted by Gasteiger charge is 2.26. The Hall–Kier alpha value is -2.29. The molecule has 1 N–H and O–H groups in total. The van der Waals surface area contributed by atoms with Gasteiger partial charge in [-0.3, -0.25) is 19.5 Å². The van der Waals surface area contributed by atoms with Crippen LogP contribution in [-0.4, -0.2) is 58.8 Å². The van der Waals surface area contributed by atoms with Crippen LogP contribution in [0.5, 0.6) is 0 Å². The van der Waals surface area contributed by atoms with Crippen LogP contribution in [0.15, 0.2) is 52.4 Å². The number of nitrogens with one attached hydrogen (secondary N) is 1. The monoisotopic (exact) mass is 486 g/mol. The summed E-state index contributed by atoms with van der Waals surface area (Å²) < 4.78 is 0.893. The Bertz CT molecular complexity index is 1060. The zero-order valence-electron chi connectivity index (χ0n) is 16.7. The number of pyridine rings is 1. The number of carbonyl (C=O) groups is 2. The summed E-state index contributed by atoms with van der Waals surface area (Å²) in [6.07, 6.45) is 1.83. The zero-order chi connectivity index (χ0) is 21.1. The molecule has 1 aliphatic rings. The van der Waals surface area contributed by atoms with Crippen molar-refractivity contribution in [2.75, 3.05) is 26.2 Å². The molecule has 4 rings (SSSR count). The van der Waals surface area contributed by atoms with E-state index in [9.17, 15) is 9.59 Å². The molecule has 3 heterocycles. The van der Waals surface area contributed by atoms with E-state index in [1.54, 1.807) is 13.0 Å². The van der Waals surface area contributed by atoms with Crippen molar-refractivity contribution in [2.45, 2.75) is 19.5 Å². The number of rotatable bonds is 5. The van der Waals surface area contributed by atoms with Crippen LogP contribution < -0.4 is 5.32 Å². The van der Waals surface area contributed by atoms with Gasteiger partial charge in [0.05, 0.1) is 14.2 Å². The van der Waals surface area contributed by atoms with Crippen molar-refractivity contribution in [2.24, 2.45) is 0 Å². The maximum atomic E-state index is 12.8. The standard InChI is InChI=1S/C22H23BrN4O2S/c1-15(25-21(28)18-7-8-19(23)30-18)22(29)27-12-10-26(11-13-27)14-17-5-2-4-16-6-3-9-24-20(16)17/h2-9,15H,10-14H2,1H3,(H,25,28). The number of carbonyl (C=O) groups excluding carboxylic acids is 2. The number of aromatic nitrogens is 1. The molecule has 0 radical (unpaired) electrons. The molecule has 0 spiro atoms. The summed E-state index contributed by atoms with van der Waals surface area (Å²) in [6.45, 7) is 5.47. The molecule has 1 atom stereocenters. The third kappa shape index (κ3) is 4.71. The molecule has 1 saturated heterocycles. The zero-order valence-corrected chi connectivity index (χ0v) is 19.1. The van der Waals surface area contributed by atoms with Crippen molar-refractivity contribution < 1.29 is 9.59 Å². The number of para-hydroxylation sites is 1. The van der Waals surface area contributed by atoms with Gasteiger partial charge in [-0.05, 0) is 46.6 Å². The molecule has 2 amide bonds. The van der Waals surface area contributed by atoms with Crippen LogP contribution in [0.25, 0.3) is 10.9 Å². The minimum atomic E-state index is -0.549. The number of fused-ring (bicyclic) bond motifs is 1. The second-order valence-corrected chi connectivity index (χ2v) is 9.86. The number of hydrogen-bond donors (Lipinski definition) is 1. The Morgan fingerprint density at radius 2 is 1.90 bits per heavy atom. The molecule has 3 aromatic rings. The van der Waals surface area contributed by atoms with Gasteiger partial charge in [-0.2, -0.15) is 0 Å². The summed E-state index contributed by atoms with van der Waals surface area (Å²) in [5.74, 6) is -0.251. The quantitative estimate of drug-likeness (QED) is 0.598. The van der Waals surface area contributed by atoms with Gasteiger partial charge in [-0.15, -0.1) is 11.3 Å². The van der Waals surface area contributed by atoms with Gasteiger partial charge in [-0.1, -0.05) is 24.3 Å². The second kappa shape index (κ2) is 9.24. The van der Waals surface area contributed by atoms with Crippen LogP contribution in [0.2, 0.25) is 0 Å². The topological polar surface area (TPSA) is 65.5 Å². The number of thiophene rings is 1. The molecule has 1 fully saturated rings. The van der Waals surface area contributed by atoms with Gasteiger partial charge in [0, 0.05) is 44.3 Å². The molecule has 1 aromatic carbocycles. The van der Waals surface area contributed by atoms with E-state index in [1.807, 2.05) is 23.2 Å². The summed E-state index contributed by atoms with van der Waals surface area (Å²) in [5, 5.41) is 3.96. The molecule has 1 aliphatic heterocycles. The predicted molar refractivity (Wildman–Crippen MR) is 123 cm³/mol. The van der Waals surface area contributed by atoms with Gasteiger partial charge < -0.3 is 10.2 Å². The van der Waals surface area contributed by atoms with Crippen LogP contribution in [0.4, 0.5) is 0 Å². The highest BCUT2D eigenvalue weighted by molar-refractivity contribution is 9.11. The van der Waals surface area contributed by atoms with Crippen molar-refractivity contribution in [1.29, 1.82) is 0 Å². The first-order valence-electron chi connectivity index (χ1n) is 9.91. The minimum Gasteiger partial charge on any atom is -0.340 e. The van der Waals surface area contributed by atoms with Crippen molar-refractivity contribution in [3.8, 4) is 0 Å². The van der Waals surface area contributed by atoms with Crippen LogP contribution in [-0.2, 0) is 11.3 Å². The van der Waals surface area contributed by atoms with Gasteiger partial charge in [0.1, 0.15) is 6.04 Å². The van der Waals surface area contributed by atoms with Crippen molar-refractivity contribution in [3.05, 3.63) is 62.9 Å². The van der Waals surface area contributed by atoms with Crippen molar-refractivity contribution in [3.63, 3.8) is 0 Å². The molecule has 0 aliphatic carbocycles. The van der Waals surface area contributed by atoms with E-state index in [1.165, 1.54) is 16.9 Å². The first-order chi connectivity index (χ1) is 14.5. The summed E-state index contributed by atoms with van der Waals surface area (Å²) in [6, 6.07) is 13.3. The van der Waals surface area contributed by atoms with Crippen molar-refractivity contribution in [1.82, 2.24) is 20.1 Å². The number of piperazine rings is 1. The number of halogens is 1. The Morgan fingerprint density at radius 3 is 2.63 bits per heavy atom. The Morgan fingerprint density at radius 1 is 1.13 bits per heavy atom. The van der Waals surface area contributed by atoms with E-state index >= 15 is 0 Å². The molecule has 1 unspecified atom stereocenters. The molecule has 2 aromatic heterocycles. The normalized spacial score (nSPS) is 15.9. The SMILES string of the molecule is CC(NC(=O)c1ccc(Br)s1)C(=O)N1CCN(Cc2cccc3cccnc23)CC1. The smallest absolute Gasteiger partial charge is 0.262 e. The Labute approximate surface area is 188 Å². The van der Waals surface area contributed by atoms with Crippen LogP contribution in [0.3, 0.4) is 0 Å². The predicted octanol–water partition coefficient (Wildman–Crippen LogP) is 3.52. The lowest BCUT2D eigenvalue weighted by atomic mass is 10.1. The minimum absolute atomic E-state index is 0.0366. The number of amides is 2. The van der Waals surface area contributed by atoms with E-state index in [0.29, 0.717) is 18.0 Å². The van der Waals surface area contributed by atoms with Crippen molar-refractivity contribution >= 4 is 50.0 Å². The average molecular weight is 487 g/mol. The lowest BCUT2D eigenvalue weighted by Gasteiger charge is -2.36. The van der Waals surface area contributed by atoms with E-state index in [-0.39, 0.29) is 11.8 Å². The van der Waals surface area contributed by atoms with E-state index in [4.69, 9.17) is 0 Å². The maximum Gasteiger partial charge on any atom is 0.262 e. The highest BCUT2D eigenvalue weighted by Crippen LogP contribution is 2.22. The lowest BCUT2D eigenvalue weighted by Crippen LogP contribution is -2.53. The van der Waals surface area contributed by atoms with Gasteiger partial charge in [0.15, 0.2) is 0 Å². The number of nitrogens with zero attached hydrogens (tertiary/aromatic N) is 3. The molecule has 156 valence electrons. The number of benzene rings is 1. The molecule has 30 heavy (non-hydrogen) atoms. The molecule has 6 nitrogen and oxygen atoms in total. The third-order valence-electron chi connectivity index (χ3n) is 5.31. The molecular formula is C22H23BrN4O2S. The first kappa shape index (κ1) is 21.0. The molecule has 0 saturated carbocycles. The van der Waals surface area contributed by atoms with Gasteiger partial charge >= 0.3 is 0 Å². The molecule has 8 heteroatoms. The molecule has 0 bridgehead atoms. The van der Waals surface area contributed by atoms with Crippen LogP contribution >= 0.6 is 27.3 Å². The Kier molecular flexibility index (Phi) is 6.46. The van der Waals surface area contributed by atoms with Gasteiger partial charge in [0.2, 0.25) is 5.91 Å². The first-order valence-corrected chi connectivity index (χ1v) is 11.5. The van der Waals surface area contributed by atoms with Gasteiger partial charge in [0.25, 0.3) is 5.91 Å². The van der Waals surface area contributed by atoms with Crippen LogP contribution in [0, 0.1) is 0 Å².